The second-order valence-electron chi connectivity index (χ2n) is 6.05. The van der Waals surface area contributed by atoms with E-state index in [0.29, 0.717) is 11.3 Å². The minimum absolute atomic E-state index is 0.130. The van der Waals surface area contributed by atoms with Crippen molar-refractivity contribution in [1.82, 2.24) is 4.90 Å². The Morgan fingerprint density at radius 3 is 2.50 bits per heavy atom. The zero-order valence-corrected chi connectivity index (χ0v) is 11.2. The highest BCUT2D eigenvalue weighted by Gasteiger charge is 2.33. The number of hydrogen-bond acceptors (Lipinski definition) is 2. The van der Waals surface area contributed by atoms with E-state index in [1.54, 1.807) is 0 Å². The van der Waals surface area contributed by atoms with Crippen molar-refractivity contribution < 1.29 is 9.53 Å². The van der Waals surface area contributed by atoms with E-state index in [4.69, 9.17) is 4.74 Å². The first kappa shape index (κ1) is 13.5. The van der Waals surface area contributed by atoms with E-state index in [1.165, 1.54) is 0 Å². The van der Waals surface area contributed by atoms with Gasteiger partial charge in [0, 0.05) is 13.1 Å². The average Bonchev–Trinajstić information content (AvgIpc) is 2.61. The molecule has 16 heavy (non-hydrogen) atoms. The molecular formula is C13H25NO2. The van der Waals surface area contributed by atoms with Gasteiger partial charge in [-0.05, 0) is 31.6 Å². The molecule has 1 unspecified atom stereocenters. The first-order chi connectivity index (χ1) is 7.30. The van der Waals surface area contributed by atoms with Crippen molar-refractivity contribution in [3.05, 3.63) is 0 Å². The van der Waals surface area contributed by atoms with Crippen LogP contribution in [0.25, 0.3) is 0 Å². The van der Waals surface area contributed by atoms with Crippen molar-refractivity contribution in [1.29, 1.82) is 0 Å². The van der Waals surface area contributed by atoms with E-state index >= 15 is 0 Å². The highest BCUT2D eigenvalue weighted by atomic mass is 16.5. The van der Waals surface area contributed by atoms with Gasteiger partial charge in [0.05, 0.1) is 6.10 Å². The van der Waals surface area contributed by atoms with Gasteiger partial charge in [-0.1, -0.05) is 20.8 Å². The molecule has 1 amide bonds. The van der Waals surface area contributed by atoms with Gasteiger partial charge in [0.25, 0.3) is 0 Å². The maximum Gasteiger partial charge on any atom is 0.248 e. The van der Waals surface area contributed by atoms with Gasteiger partial charge >= 0.3 is 0 Å². The lowest BCUT2D eigenvalue weighted by Crippen LogP contribution is -2.34. The zero-order chi connectivity index (χ0) is 12.3. The summed E-state index contributed by atoms with van der Waals surface area (Å²) in [5, 5.41) is 0. The van der Waals surface area contributed by atoms with Crippen LogP contribution in [0, 0.1) is 11.3 Å². The highest BCUT2D eigenvalue weighted by molar-refractivity contribution is 5.77. The molecule has 3 nitrogen and oxygen atoms in total. The first-order valence-electron chi connectivity index (χ1n) is 6.20. The Bertz CT molecular complexity index is 243. The number of hydrogen-bond donors (Lipinski definition) is 0. The van der Waals surface area contributed by atoms with Gasteiger partial charge in [0.1, 0.15) is 6.61 Å². The molecule has 1 fully saturated rings. The van der Waals surface area contributed by atoms with Gasteiger partial charge in [0.15, 0.2) is 0 Å². The van der Waals surface area contributed by atoms with Crippen LogP contribution in [-0.2, 0) is 9.53 Å². The number of amides is 1. The van der Waals surface area contributed by atoms with Gasteiger partial charge in [-0.3, -0.25) is 4.79 Å². The maximum absolute atomic E-state index is 11.8. The minimum Gasteiger partial charge on any atom is -0.369 e. The van der Waals surface area contributed by atoms with Gasteiger partial charge in [0.2, 0.25) is 5.91 Å². The fraction of sp³-hybridized carbons (Fsp3) is 0.923. The van der Waals surface area contributed by atoms with E-state index in [0.717, 1.165) is 19.5 Å². The summed E-state index contributed by atoms with van der Waals surface area (Å²) in [5.74, 6) is 0.760. The van der Waals surface area contributed by atoms with Crippen LogP contribution in [0.1, 0.15) is 41.0 Å². The molecule has 0 saturated carbocycles. The molecular weight excluding hydrogens is 202 g/mol. The molecule has 0 aromatic rings. The Morgan fingerprint density at radius 2 is 2.06 bits per heavy atom. The lowest BCUT2D eigenvalue weighted by molar-refractivity contribution is -0.136. The fourth-order valence-electron chi connectivity index (χ4n) is 2.02. The van der Waals surface area contributed by atoms with E-state index in [1.807, 2.05) is 18.7 Å². The van der Waals surface area contributed by atoms with Crippen LogP contribution in [0.4, 0.5) is 0 Å². The first-order valence-corrected chi connectivity index (χ1v) is 6.20. The lowest BCUT2D eigenvalue weighted by Gasteiger charge is -2.27. The fourth-order valence-corrected chi connectivity index (χ4v) is 2.02. The van der Waals surface area contributed by atoms with Crippen LogP contribution >= 0.6 is 0 Å². The Hall–Kier alpha value is -0.570. The molecule has 0 spiro atoms. The number of carbonyl (C=O) groups excluding carboxylic acids is 1. The number of nitrogens with zero attached hydrogens (tertiary/aromatic N) is 1. The predicted octanol–water partition coefficient (Wildman–Crippen LogP) is 2.31. The summed E-state index contributed by atoms with van der Waals surface area (Å²) in [6, 6.07) is 0. The summed E-state index contributed by atoms with van der Waals surface area (Å²) in [7, 11) is 0. The molecule has 1 heterocycles. The third-order valence-corrected chi connectivity index (χ3v) is 3.31. The standard InChI is InChI=1S/C13H25NO2/c1-10(2)16-9-12(15)14-7-6-11(8-14)13(3,4)5/h10-11H,6-9H2,1-5H3. The van der Waals surface area contributed by atoms with Crippen molar-refractivity contribution in [2.24, 2.45) is 11.3 Å². The molecule has 1 aliphatic heterocycles. The van der Waals surface area contributed by atoms with Gasteiger partial charge in [-0.25, -0.2) is 0 Å². The minimum atomic E-state index is 0.130. The van der Waals surface area contributed by atoms with E-state index in [2.05, 4.69) is 20.8 Å². The largest absolute Gasteiger partial charge is 0.369 e. The van der Waals surface area contributed by atoms with Crippen LogP contribution in [-0.4, -0.2) is 36.6 Å². The van der Waals surface area contributed by atoms with Crippen LogP contribution in [0.5, 0.6) is 0 Å². The van der Waals surface area contributed by atoms with Crippen molar-refractivity contribution in [3.8, 4) is 0 Å². The van der Waals surface area contributed by atoms with Crippen molar-refractivity contribution in [2.45, 2.75) is 47.1 Å². The van der Waals surface area contributed by atoms with E-state index in [-0.39, 0.29) is 18.6 Å². The van der Waals surface area contributed by atoms with Crippen molar-refractivity contribution in [2.75, 3.05) is 19.7 Å². The highest BCUT2D eigenvalue weighted by Crippen LogP contribution is 2.33. The third-order valence-electron chi connectivity index (χ3n) is 3.31. The quantitative estimate of drug-likeness (QED) is 0.740. The molecule has 3 heteroatoms. The van der Waals surface area contributed by atoms with Gasteiger partial charge < -0.3 is 9.64 Å². The molecule has 94 valence electrons. The number of carbonyl (C=O) groups is 1. The van der Waals surface area contributed by atoms with E-state index < -0.39 is 0 Å². The summed E-state index contributed by atoms with van der Waals surface area (Å²) < 4.78 is 5.35. The van der Waals surface area contributed by atoms with Crippen LogP contribution in [0.3, 0.4) is 0 Å². The maximum atomic E-state index is 11.8. The second kappa shape index (κ2) is 5.17. The smallest absolute Gasteiger partial charge is 0.248 e. The van der Waals surface area contributed by atoms with Crippen LogP contribution in [0.15, 0.2) is 0 Å². The Kier molecular flexibility index (Phi) is 4.36. The number of rotatable bonds is 3. The summed E-state index contributed by atoms with van der Waals surface area (Å²) in [4.78, 5) is 13.8. The third kappa shape index (κ3) is 3.78. The zero-order valence-electron chi connectivity index (χ0n) is 11.2. The summed E-state index contributed by atoms with van der Waals surface area (Å²) in [6.07, 6.45) is 1.25. The van der Waals surface area contributed by atoms with Crippen molar-refractivity contribution in [3.63, 3.8) is 0 Å². The van der Waals surface area contributed by atoms with Gasteiger partial charge in [-0.15, -0.1) is 0 Å². The summed E-state index contributed by atoms with van der Waals surface area (Å²) >= 11 is 0. The monoisotopic (exact) mass is 227 g/mol. The normalized spacial score (nSPS) is 21.9. The van der Waals surface area contributed by atoms with E-state index in [9.17, 15) is 4.79 Å². The molecule has 1 rings (SSSR count). The molecule has 0 bridgehead atoms. The lowest BCUT2D eigenvalue weighted by atomic mass is 9.80. The molecule has 1 saturated heterocycles. The predicted molar refractivity (Wildman–Crippen MR) is 65.2 cm³/mol. The SMILES string of the molecule is CC(C)OCC(=O)N1CCC(C(C)(C)C)C1. The molecule has 0 aromatic heterocycles. The summed E-state index contributed by atoms with van der Waals surface area (Å²) in [6.45, 7) is 12.7. The molecule has 1 atom stereocenters. The molecule has 0 radical (unpaired) electrons. The Morgan fingerprint density at radius 1 is 1.44 bits per heavy atom. The Labute approximate surface area is 99.1 Å². The molecule has 0 aliphatic carbocycles. The molecule has 0 aromatic carbocycles. The molecule has 0 N–H and O–H groups in total. The topological polar surface area (TPSA) is 29.5 Å². The summed E-state index contributed by atoms with van der Waals surface area (Å²) in [5.41, 5.74) is 0.300. The van der Waals surface area contributed by atoms with Crippen molar-refractivity contribution >= 4 is 5.91 Å². The second-order valence-corrected chi connectivity index (χ2v) is 6.05. The average molecular weight is 227 g/mol. The van der Waals surface area contributed by atoms with Crippen LogP contribution < -0.4 is 0 Å². The van der Waals surface area contributed by atoms with Gasteiger partial charge in [-0.2, -0.15) is 0 Å². The number of likely N-dealkylation sites (tertiary alicyclic amines) is 1. The number of ether oxygens (including phenoxy) is 1. The Balaban J connectivity index is 2.38. The van der Waals surface area contributed by atoms with Crippen LogP contribution in [0.2, 0.25) is 0 Å². The molecule has 1 aliphatic rings.